The topological polar surface area (TPSA) is 78.3 Å². The van der Waals surface area contributed by atoms with Crippen molar-refractivity contribution in [1.82, 2.24) is 14.8 Å². The fraction of sp³-hybridized carbons (Fsp3) is 0.250. The summed E-state index contributed by atoms with van der Waals surface area (Å²) in [6.07, 6.45) is -0.352. The van der Waals surface area contributed by atoms with Gasteiger partial charge in [-0.15, -0.1) is 10.2 Å². The molecule has 0 saturated heterocycles. The van der Waals surface area contributed by atoms with E-state index < -0.39 is 0 Å². The molecule has 0 aliphatic carbocycles. The maximum atomic E-state index is 12.4. The Bertz CT molecular complexity index is 977. The fourth-order valence-electron chi connectivity index (χ4n) is 2.83. The Morgan fingerprint density at radius 3 is 2.64 bits per heavy atom. The van der Waals surface area contributed by atoms with Gasteiger partial charge in [-0.25, -0.2) is 0 Å². The van der Waals surface area contributed by atoms with E-state index in [0.717, 1.165) is 11.4 Å². The average molecular weight is 396 g/mol. The molecule has 7 nitrogen and oxygen atoms in total. The summed E-state index contributed by atoms with van der Waals surface area (Å²) < 4.78 is 13.6. The lowest BCUT2D eigenvalue weighted by atomic mass is 10.2. The second-order valence-corrected chi connectivity index (χ2v) is 7.69. The number of fused-ring (bicyclic) bond motifs is 1. The summed E-state index contributed by atoms with van der Waals surface area (Å²) in [5.41, 5.74) is 0.769. The molecule has 0 saturated carbocycles. The highest BCUT2D eigenvalue weighted by atomic mass is 32.2. The lowest BCUT2D eigenvalue weighted by Gasteiger charge is -2.25. The van der Waals surface area contributed by atoms with E-state index in [-0.39, 0.29) is 17.3 Å². The van der Waals surface area contributed by atoms with Crippen LogP contribution in [0.4, 0.5) is 5.69 Å². The van der Waals surface area contributed by atoms with Crippen molar-refractivity contribution in [1.29, 1.82) is 0 Å². The van der Waals surface area contributed by atoms with Gasteiger partial charge in [0, 0.05) is 12.7 Å². The van der Waals surface area contributed by atoms with Crippen molar-refractivity contribution in [2.24, 2.45) is 7.05 Å². The van der Waals surface area contributed by atoms with Crippen molar-refractivity contribution in [2.75, 3.05) is 11.9 Å². The number of para-hydroxylation sites is 3. The highest BCUT2D eigenvalue weighted by molar-refractivity contribution is 8.00. The zero-order chi connectivity index (χ0) is 19.5. The Labute approximate surface area is 167 Å². The number of hydrogen-bond donors (Lipinski definition) is 1. The molecule has 1 aromatic heterocycles. The van der Waals surface area contributed by atoms with Crippen LogP contribution in [-0.2, 0) is 11.8 Å². The summed E-state index contributed by atoms with van der Waals surface area (Å²) in [5.74, 6) is 1.98. The van der Waals surface area contributed by atoms with Crippen LogP contribution in [-0.4, -0.2) is 32.5 Å². The van der Waals surface area contributed by atoms with Gasteiger partial charge in [-0.05, 0) is 31.2 Å². The molecule has 0 radical (unpaired) electrons. The molecule has 2 atom stereocenters. The zero-order valence-electron chi connectivity index (χ0n) is 15.5. The van der Waals surface area contributed by atoms with Crippen LogP contribution in [0.15, 0.2) is 59.8 Å². The molecule has 2 heterocycles. The summed E-state index contributed by atoms with van der Waals surface area (Å²) in [7, 11) is 1.86. The van der Waals surface area contributed by atoms with E-state index in [0.29, 0.717) is 23.3 Å². The number of carbonyl (C=O) groups is 1. The van der Waals surface area contributed by atoms with E-state index >= 15 is 0 Å². The van der Waals surface area contributed by atoms with Gasteiger partial charge in [0.1, 0.15) is 6.61 Å². The Balaban J connectivity index is 1.43. The molecule has 1 amide bonds. The maximum Gasteiger partial charge on any atom is 0.237 e. The van der Waals surface area contributed by atoms with Crippen LogP contribution in [0, 0.1) is 0 Å². The van der Waals surface area contributed by atoms with Crippen molar-refractivity contribution in [2.45, 2.75) is 23.4 Å². The monoisotopic (exact) mass is 396 g/mol. The molecule has 0 bridgehead atoms. The molecule has 0 fully saturated rings. The minimum atomic E-state index is -0.352. The largest absolute Gasteiger partial charge is 0.485 e. The van der Waals surface area contributed by atoms with Crippen molar-refractivity contribution in [3.05, 3.63) is 60.4 Å². The highest BCUT2D eigenvalue weighted by Crippen LogP contribution is 2.36. The molecule has 4 rings (SSSR count). The maximum absolute atomic E-state index is 12.4. The first-order valence-corrected chi connectivity index (χ1v) is 9.80. The van der Waals surface area contributed by atoms with Crippen LogP contribution in [0.2, 0.25) is 0 Å². The second kappa shape index (κ2) is 7.93. The molecule has 28 heavy (non-hydrogen) atoms. The van der Waals surface area contributed by atoms with Crippen LogP contribution in [0.25, 0.3) is 0 Å². The van der Waals surface area contributed by atoms with E-state index in [1.54, 1.807) is 0 Å². The van der Waals surface area contributed by atoms with Crippen molar-refractivity contribution in [3.63, 3.8) is 0 Å². The van der Waals surface area contributed by atoms with E-state index in [4.69, 9.17) is 9.47 Å². The second-order valence-electron chi connectivity index (χ2n) is 6.38. The number of nitrogens with one attached hydrogen (secondary N) is 1. The number of benzene rings is 2. The summed E-state index contributed by atoms with van der Waals surface area (Å²) in [4.78, 5) is 12.4. The van der Waals surface area contributed by atoms with Gasteiger partial charge in [0.15, 0.2) is 28.6 Å². The third kappa shape index (κ3) is 3.82. The van der Waals surface area contributed by atoms with Crippen molar-refractivity contribution < 1.29 is 14.3 Å². The first kappa shape index (κ1) is 18.4. The smallest absolute Gasteiger partial charge is 0.237 e. The molecule has 2 unspecified atom stereocenters. The molecule has 1 N–H and O–H groups in total. The number of amides is 1. The summed E-state index contributed by atoms with van der Waals surface area (Å²) in [5, 5.41) is 11.7. The molecule has 144 valence electrons. The van der Waals surface area contributed by atoms with Crippen molar-refractivity contribution >= 4 is 23.4 Å². The number of carbonyl (C=O) groups excluding carboxylic acids is 1. The van der Waals surface area contributed by atoms with Gasteiger partial charge in [0.05, 0.1) is 5.25 Å². The van der Waals surface area contributed by atoms with Gasteiger partial charge in [0.2, 0.25) is 5.91 Å². The number of thioether (sulfide) groups is 1. The lowest BCUT2D eigenvalue weighted by molar-refractivity contribution is -0.115. The number of nitrogens with zero attached hydrogens (tertiary/aromatic N) is 3. The van der Waals surface area contributed by atoms with Crippen LogP contribution in [0.3, 0.4) is 0 Å². The number of ether oxygens (including phenoxy) is 2. The molecule has 3 aromatic rings. The van der Waals surface area contributed by atoms with Gasteiger partial charge in [-0.3, -0.25) is 4.79 Å². The normalized spacial score (nSPS) is 16.4. The molecule has 1 aliphatic heterocycles. The third-order valence-electron chi connectivity index (χ3n) is 4.36. The molecular weight excluding hydrogens is 376 g/mol. The predicted molar refractivity (Wildman–Crippen MR) is 107 cm³/mol. The number of hydrogen-bond acceptors (Lipinski definition) is 6. The number of rotatable bonds is 5. The van der Waals surface area contributed by atoms with Gasteiger partial charge >= 0.3 is 0 Å². The minimum absolute atomic E-state index is 0.0908. The van der Waals surface area contributed by atoms with E-state index in [9.17, 15) is 4.79 Å². The van der Waals surface area contributed by atoms with Gasteiger partial charge in [-0.2, -0.15) is 0 Å². The van der Waals surface area contributed by atoms with Gasteiger partial charge in [0.25, 0.3) is 0 Å². The van der Waals surface area contributed by atoms with E-state index in [1.807, 2.05) is 73.1 Å². The predicted octanol–water partition coefficient (Wildman–Crippen LogP) is 3.45. The Hall–Kier alpha value is -3.00. The highest BCUT2D eigenvalue weighted by Gasteiger charge is 2.28. The van der Waals surface area contributed by atoms with Gasteiger partial charge < -0.3 is 19.4 Å². The summed E-state index contributed by atoms with van der Waals surface area (Å²) in [6.45, 7) is 2.20. The first-order valence-electron chi connectivity index (χ1n) is 8.92. The Kier molecular flexibility index (Phi) is 5.21. The standard InChI is InChI=1S/C20H20N4O3S/c1-13(19(25)21-14-8-4-3-5-9-14)28-20-23-22-18(24(20)2)17-12-26-15-10-6-7-11-16(15)27-17/h3-11,13,17H,12H2,1-2H3,(H,21,25). The zero-order valence-corrected chi connectivity index (χ0v) is 16.3. The summed E-state index contributed by atoms with van der Waals surface area (Å²) >= 11 is 1.35. The number of anilines is 1. The van der Waals surface area contributed by atoms with Crippen LogP contribution >= 0.6 is 11.8 Å². The Morgan fingerprint density at radius 2 is 1.86 bits per heavy atom. The minimum Gasteiger partial charge on any atom is -0.485 e. The quantitative estimate of drug-likeness (QED) is 0.666. The van der Waals surface area contributed by atoms with Crippen LogP contribution in [0.5, 0.6) is 11.5 Å². The SMILES string of the molecule is CC(Sc1nnc(C2COc3ccccc3O2)n1C)C(=O)Nc1ccccc1. The van der Waals surface area contributed by atoms with E-state index in [1.165, 1.54) is 11.8 Å². The lowest BCUT2D eigenvalue weighted by Crippen LogP contribution is -2.25. The first-order chi connectivity index (χ1) is 13.6. The summed E-state index contributed by atoms with van der Waals surface area (Å²) in [6, 6.07) is 16.9. The van der Waals surface area contributed by atoms with Crippen molar-refractivity contribution in [3.8, 4) is 11.5 Å². The van der Waals surface area contributed by atoms with Gasteiger partial charge in [-0.1, -0.05) is 42.1 Å². The Morgan fingerprint density at radius 1 is 1.14 bits per heavy atom. The fourth-order valence-corrected chi connectivity index (χ4v) is 3.65. The molecular formula is C20H20N4O3S. The van der Waals surface area contributed by atoms with E-state index in [2.05, 4.69) is 15.5 Å². The molecule has 2 aromatic carbocycles. The number of aromatic nitrogens is 3. The van der Waals surface area contributed by atoms with Crippen LogP contribution in [0.1, 0.15) is 18.9 Å². The average Bonchev–Trinajstić information content (AvgIpc) is 3.08. The third-order valence-corrected chi connectivity index (χ3v) is 5.49. The van der Waals surface area contributed by atoms with Crippen LogP contribution < -0.4 is 14.8 Å². The molecule has 0 spiro atoms. The molecule has 1 aliphatic rings. The molecule has 8 heteroatoms.